The molecule has 0 atom stereocenters. The van der Waals surface area contributed by atoms with Crippen LogP contribution < -0.4 is 0 Å². The summed E-state index contributed by atoms with van der Waals surface area (Å²) in [6.45, 7) is 0.630. The minimum atomic E-state index is -1.04. The third-order valence-electron chi connectivity index (χ3n) is 3.13. The maximum absolute atomic E-state index is 10.6. The maximum atomic E-state index is 10.6. The standard InChI is InChI=1S/C11H16N2O3/c1-13(8-4-2-3-5-8)7-9-6-10(11(14)15)12-16-9/h6,8H,2-5,7H2,1H3,(H,14,15). The Morgan fingerprint density at radius 1 is 1.62 bits per heavy atom. The predicted octanol–water partition coefficient (Wildman–Crippen LogP) is 1.75. The van der Waals surface area contributed by atoms with Crippen molar-refractivity contribution in [3.63, 3.8) is 0 Å². The Labute approximate surface area is 94.0 Å². The van der Waals surface area contributed by atoms with Gasteiger partial charge in [-0.3, -0.25) is 4.90 Å². The first-order valence-electron chi connectivity index (χ1n) is 5.56. The van der Waals surface area contributed by atoms with Crippen LogP contribution >= 0.6 is 0 Å². The fourth-order valence-corrected chi connectivity index (χ4v) is 2.21. The minimum absolute atomic E-state index is 0.0187. The lowest BCUT2D eigenvalue weighted by molar-refractivity contribution is 0.0685. The molecule has 1 aliphatic rings. The zero-order chi connectivity index (χ0) is 11.5. The summed E-state index contributed by atoms with van der Waals surface area (Å²) in [5, 5.41) is 12.2. The van der Waals surface area contributed by atoms with E-state index < -0.39 is 5.97 Å². The predicted molar refractivity (Wildman–Crippen MR) is 57.2 cm³/mol. The smallest absolute Gasteiger partial charge is 0.358 e. The molecule has 0 aromatic carbocycles. The van der Waals surface area contributed by atoms with E-state index in [1.165, 1.54) is 31.7 Å². The molecule has 0 radical (unpaired) electrons. The molecule has 1 heterocycles. The fraction of sp³-hybridized carbons (Fsp3) is 0.636. The largest absolute Gasteiger partial charge is 0.476 e. The molecule has 2 rings (SSSR count). The number of carboxylic acids is 1. The van der Waals surface area contributed by atoms with Crippen LogP contribution in [0.1, 0.15) is 41.9 Å². The highest BCUT2D eigenvalue weighted by Crippen LogP contribution is 2.23. The summed E-state index contributed by atoms with van der Waals surface area (Å²) in [4.78, 5) is 12.8. The van der Waals surface area contributed by atoms with Crippen molar-refractivity contribution in [1.29, 1.82) is 0 Å². The Morgan fingerprint density at radius 2 is 2.31 bits per heavy atom. The summed E-state index contributed by atoms with van der Waals surface area (Å²) >= 11 is 0. The monoisotopic (exact) mass is 224 g/mol. The van der Waals surface area contributed by atoms with Crippen molar-refractivity contribution < 1.29 is 14.4 Å². The second kappa shape index (κ2) is 4.65. The van der Waals surface area contributed by atoms with Crippen LogP contribution in [0.4, 0.5) is 0 Å². The number of aromatic carboxylic acids is 1. The van der Waals surface area contributed by atoms with Crippen LogP contribution in [0.25, 0.3) is 0 Å². The molecular formula is C11H16N2O3. The highest BCUT2D eigenvalue weighted by atomic mass is 16.5. The molecule has 0 amide bonds. The lowest BCUT2D eigenvalue weighted by Crippen LogP contribution is -2.28. The normalized spacial score (nSPS) is 17.1. The van der Waals surface area contributed by atoms with Gasteiger partial charge in [-0.05, 0) is 19.9 Å². The molecule has 0 unspecified atom stereocenters. The van der Waals surface area contributed by atoms with E-state index in [0.29, 0.717) is 18.3 Å². The molecule has 5 heteroatoms. The van der Waals surface area contributed by atoms with Gasteiger partial charge in [0.25, 0.3) is 0 Å². The van der Waals surface area contributed by atoms with Gasteiger partial charge in [-0.15, -0.1) is 0 Å². The lowest BCUT2D eigenvalue weighted by Gasteiger charge is -2.22. The summed E-state index contributed by atoms with van der Waals surface area (Å²) in [6.07, 6.45) is 5.00. The molecular weight excluding hydrogens is 208 g/mol. The number of carboxylic acid groups (broad SMARTS) is 1. The van der Waals surface area contributed by atoms with Crippen LogP contribution in [0.3, 0.4) is 0 Å². The van der Waals surface area contributed by atoms with Crippen molar-refractivity contribution in [1.82, 2.24) is 10.1 Å². The molecule has 0 spiro atoms. The molecule has 5 nitrogen and oxygen atoms in total. The van der Waals surface area contributed by atoms with E-state index in [1.54, 1.807) is 0 Å². The van der Waals surface area contributed by atoms with Gasteiger partial charge in [0.05, 0.1) is 6.54 Å². The minimum Gasteiger partial charge on any atom is -0.476 e. The molecule has 1 fully saturated rings. The first-order valence-corrected chi connectivity index (χ1v) is 5.56. The Balaban J connectivity index is 1.94. The zero-order valence-corrected chi connectivity index (χ0v) is 9.35. The van der Waals surface area contributed by atoms with Crippen LogP contribution in [0, 0.1) is 0 Å². The molecule has 1 aliphatic carbocycles. The Morgan fingerprint density at radius 3 is 2.88 bits per heavy atom. The van der Waals surface area contributed by atoms with E-state index in [0.717, 1.165) is 0 Å². The van der Waals surface area contributed by atoms with Gasteiger partial charge < -0.3 is 9.63 Å². The first kappa shape index (κ1) is 11.1. The van der Waals surface area contributed by atoms with Gasteiger partial charge >= 0.3 is 5.97 Å². The van der Waals surface area contributed by atoms with Crippen molar-refractivity contribution in [2.45, 2.75) is 38.3 Å². The topological polar surface area (TPSA) is 66.6 Å². The second-order valence-corrected chi connectivity index (χ2v) is 4.34. The van der Waals surface area contributed by atoms with Crippen molar-refractivity contribution in [2.24, 2.45) is 0 Å². The van der Waals surface area contributed by atoms with Crippen molar-refractivity contribution in [2.75, 3.05) is 7.05 Å². The van der Waals surface area contributed by atoms with Crippen molar-refractivity contribution in [3.8, 4) is 0 Å². The van der Waals surface area contributed by atoms with E-state index >= 15 is 0 Å². The molecule has 16 heavy (non-hydrogen) atoms. The SMILES string of the molecule is CN(Cc1cc(C(=O)O)no1)C1CCCC1. The first-order chi connectivity index (χ1) is 7.66. The van der Waals surface area contributed by atoms with E-state index in [1.807, 2.05) is 7.05 Å². The van der Waals surface area contributed by atoms with Gasteiger partial charge in [-0.25, -0.2) is 4.79 Å². The van der Waals surface area contributed by atoms with Crippen molar-refractivity contribution in [3.05, 3.63) is 17.5 Å². The van der Waals surface area contributed by atoms with Crippen LogP contribution in [0.15, 0.2) is 10.6 Å². The van der Waals surface area contributed by atoms with E-state index in [4.69, 9.17) is 9.63 Å². The third-order valence-corrected chi connectivity index (χ3v) is 3.13. The summed E-state index contributed by atoms with van der Waals surface area (Å²) < 4.78 is 4.98. The summed E-state index contributed by atoms with van der Waals surface area (Å²) in [6, 6.07) is 2.09. The number of hydrogen-bond acceptors (Lipinski definition) is 4. The number of nitrogens with zero attached hydrogens (tertiary/aromatic N) is 2. The van der Waals surface area contributed by atoms with E-state index in [9.17, 15) is 4.79 Å². The van der Waals surface area contributed by atoms with Gasteiger partial charge in [-0.2, -0.15) is 0 Å². The van der Waals surface area contributed by atoms with Crippen LogP contribution in [-0.4, -0.2) is 34.2 Å². The third kappa shape index (κ3) is 2.41. The zero-order valence-electron chi connectivity index (χ0n) is 9.35. The maximum Gasteiger partial charge on any atom is 0.358 e. The molecule has 0 saturated heterocycles. The van der Waals surface area contributed by atoms with Gasteiger partial charge in [0, 0.05) is 12.1 Å². The van der Waals surface area contributed by atoms with Crippen LogP contribution in [-0.2, 0) is 6.54 Å². The Kier molecular flexibility index (Phi) is 3.24. The molecule has 88 valence electrons. The second-order valence-electron chi connectivity index (χ2n) is 4.34. The summed E-state index contributed by atoms with van der Waals surface area (Å²) in [5.41, 5.74) is -0.0187. The van der Waals surface area contributed by atoms with Gasteiger partial charge in [0.2, 0.25) is 0 Å². The van der Waals surface area contributed by atoms with Gasteiger partial charge in [-0.1, -0.05) is 18.0 Å². The lowest BCUT2D eigenvalue weighted by atomic mass is 10.2. The molecule has 1 N–H and O–H groups in total. The summed E-state index contributed by atoms with van der Waals surface area (Å²) in [7, 11) is 2.04. The Hall–Kier alpha value is -1.36. The number of aromatic nitrogens is 1. The van der Waals surface area contributed by atoms with Gasteiger partial charge in [0.1, 0.15) is 0 Å². The molecule has 1 saturated carbocycles. The van der Waals surface area contributed by atoms with Crippen molar-refractivity contribution >= 4 is 5.97 Å². The number of carbonyl (C=O) groups is 1. The van der Waals surface area contributed by atoms with E-state index in [2.05, 4.69) is 10.1 Å². The highest BCUT2D eigenvalue weighted by molar-refractivity contribution is 5.85. The van der Waals surface area contributed by atoms with Crippen LogP contribution in [0.5, 0.6) is 0 Å². The molecule has 0 bridgehead atoms. The van der Waals surface area contributed by atoms with Crippen LogP contribution in [0.2, 0.25) is 0 Å². The number of rotatable bonds is 4. The molecule has 0 aliphatic heterocycles. The molecule has 1 aromatic heterocycles. The molecule has 1 aromatic rings. The van der Waals surface area contributed by atoms with Gasteiger partial charge in [0.15, 0.2) is 11.5 Å². The quantitative estimate of drug-likeness (QED) is 0.843. The average Bonchev–Trinajstić information content (AvgIpc) is 2.87. The average molecular weight is 224 g/mol. The fourth-order valence-electron chi connectivity index (χ4n) is 2.21. The van der Waals surface area contributed by atoms with E-state index in [-0.39, 0.29) is 5.69 Å². The summed E-state index contributed by atoms with van der Waals surface area (Å²) in [5.74, 6) is -0.426. The highest BCUT2D eigenvalue weighted by Gasteiger charge is 2.21. The Bertz CT molecular complexity index is 369. The number of hydrogen-bond donors (Lipinski definition) is 1.